The Bertz CT molecular complexity index is 403. The average Bonchev–Trinajstić information content (AvgIpc) is 2.15. The average molecular weight is 202 g/mol. The minimum Gasteiger partial charge on any atom is -0.508 e. The molecule has 15 heavy (non-hydrogen) atoms. The zero-order valence-corrected chi connectivity index (χ0v) is 8.73. The Balaban J connectivity index is 2.63. The second-order valence-electron chi connectivity index (χ2n) is 3.25. The highest BCUT2D eigenvalue weighted by Gasteiger charge is 1.95. The lowest BCUT2D eigenvalue weighted by Crippen LogP contribution is -1.89. The van der Waals surface area contributed by atoms with E-state index < -0.39 is 0 Å². The maximum atomic E-state index is 9.20. The predicted octanol–water partition coefficient (Wildman–Crippen LogP) is 3.42. The van der Waals surface area contributed by atoms with Gasteiger partial charge in [0.15, 0.2) is 0 Å². The quantitative estimate of drug-likeness (QED) is 0.598. The van der Waals surface area contributed by atoms with E-state index in [0.717, 1.165) is 5.57 Å². The highest BCUT2D eigenvalue weighted by molar-refractivity contribution is 5.34. The van der Waals surface area contributed by atoms with E-state index in [4.69, 9.17) is 4.74 Å². The number of phenols is 1. The molecule has 0 fully saturated rings. The molecule has 1 rings (SSSR count). The molecule has 0 atom stereocenters. The maximum absolute atomic E-state index is 9.20. The molecule has 0 unspecified atom stereocenters. The molecule has 0 aromatic heterocycles. The Morgan fingerprint density at radius 2 is 2.07 bits per heavy atom. The van der Waals surface area contributed by atoms with Crippen LogP contribution >= 0.6 is 0 Å². The molecule has 78 valence electrons. The van der Waals surface area contributed by atoms with Crippen LogP contribution in [0, 0.1) is 0 Å². The van der Waals surface area contributed by atoms with Gasteiger partial charge in [-0.3, -0.25) is 0 Å². The predicted molar refractivity (Wildman–Crippen MR) is 61.8 cm³/mol. The van der Waals surface area contributed by atoms with Crippen LogP contribution in [0.15, 0.2) is 60.9 Å². The Hall–Kier alpha value is -1.96. The number of rotatable bonds is 4. The van der Waals surface area contributed by atoms with E-state index in [1.807, 2.05) is 13.0 Å². The van der Waals surface area contributed by atoms with Gasteiger partial charge in [0.05, 0.1) is 0 Å². The van der Waals surface area contributed by atoms with Gasteiger partial charge in [0.1, 0.15) is 17.3 Å². The fourth-order valence-electron chi connectivity index (χ4n) is 0.968. The number of hydrogen-bond acceptors (Lipinski definition) is 2. The molecule has 0 aliphatic rings. The van der Waals surface area contributed by atoms with E-state index in [0.29, 0.717) is 11.5 Å². The zero-order valence-electron chi connectivity index (χ0n) is 8.73. The van der Waals surface area contributed by atoms with Crippen molar-refractivity contribution in [2.45, 2.75) is 6.92 Å². The third-order valence-electron chi connectivity index (χ3n) is 1.62. The van der Waals surface area contributed by atoms with Crippen molar-refractivity contribution in [3.63, 3.8) is 0 Å². The van der Waals surface area contributed by atoms with Crippen LogP contribution in [-0.4, -0.2) is 5.11 Å². The van der Waals surface area contributed by atoms with Gasteiger partial charge in [-0.15, -0.1) is 0 Å². The van der Waals surface area contributed by atoms with Crippen LogP contribution in [0.1, 0.15) is 6.92 Å². The van der Waals surface area contributed by atoms with Crippen molar-refractivity contribution in [1.29, 1.82) is 0 Å². The van der Waals surface area contributed by atoms with Gasteiger partial charge in [-0.2, -0.15) is 0 Å². The summed E-state index contributed by atoms with van der Waals surface area (Å²) in [4.78, 5) is 0. The van der Waals surface area contributed by atoms with E-state index in [2.05, 4.69) is 13.2 Å². The van der Waals surface area contributed by atoms with E-state index in [1.165, 1.54) is 6.07 Å². The maximum Gasteiger partial charge on any atom is 0.131 e. The van der Waals surface area contributed by atoms with Crippen molar-refractivity contribution in [3.8, 4) is 11.5 Å². The van der Waals surface area contributed by atoms with Crippen LogP contribution in [-0.2, 0) is 0 Å². The first-order valence-corrected chi connectivity index (χ1v) is 4.57. The zero-order chi connectivity index (χ0) is 11.3. The molecule has 0 aliphatic heterocycles. The third kappa shape index (κ3) is 4.18. The molecule has 2 heteroatoms. The molecule has 0 radical (unpaired) electrons. The standard InChI is InChI=1S/C13H14O2/c1-10(2)7-8-11(3)15-13-6-4-5-12(14)9-13/h4-9,14H,1,3H2,2H3/b8-7-. The summed E-state index contributed by atoms with van der Waals surface area (Å²) < 4.78 is 5.36. The fourth-order valence-corrected chi connectivity index (χ4v) is 0.968. The molecule has 1 N–H and O–H groups in total. The number of benzene rings is 1. The molecule has 0 saturated carbocycles. The minimum absolute atomic E-state index is 0.171. The summed E-state index contributed by atoms with van der Waals surface area (Å²) in [5, 5.41) is 9.20. The summed E-state index contributed by atoms with van der Waals surface area (Å²) in [6.07, 6.45) is 3.54. The van der Waals surface area contributed by atoms with Gasteiger partial charge >= 0.3 is 0 Å². The van der Waals surface area contributed by atoms with Crippen LogP contribution in [0.5, 0.6) is 11.5 Å². The van der Waals surface area contributed by atoms with Crippen molar-refractivity contribution in [3.05, 3.63) is 60.9 Å². The number of hydrogen-bond donors (Lipinski definition) is 1. The lowest BCUT2D eigenvalue weighted by molar-refractivity contribution is 0.434. The van der Waals surface area contributed by atoms with Gasteiger partial charge in [-0.05, 0) is 25.1 Å². The summed E-state index contributed by atoms with van der Waals surface area (Å²) in [6, 6.07) is 6.57. The first kappa shape index (κ1) is 11.1. The first-order valence-electron chi connectivity index (χ1n) is 4.57. The van der Waals surface area contributed by atoms with Crippen LogP contribution in [0.3, 0.4) is 0 Å². The molecule has 2 nitrogen and oxygen atoms in total. The van der Waals surface area contributed by atoms with E-state index in [9.17, 15) is 5.11 Å². The summed E-state index contributed by atoms with van der Waals surface area (Å²) in [7, 11) is 0. The Morgan fingerprint density at radius 1 is 1.33 bits per heavy atom. The monoisotopic (exact) mass is 202 g/mol. The largest absolute Gasteiger partial charge is 0.508 e. The fraction of sp³-hybridized carbons (Fsp3) is 0.0769. The molecule has 0 heterocycles. The lowest BCUT2D eigenvalue weighted by atomic mass is 10.3. The number of phenolic OH excluding ortho intramolecular Hbond substituents is 1. The smallest absolute Gasteiger partial charge is 0.131 e. The van der Waals surface area contributed by atoms with Crippen molar-refractivity contribution in [2.24, 2.45) is 0 Å². The second kappa shape index (κ2) is 5.05. The molecule has 0 saturated heterocycles. The second-order valence-corrected chi connectivity index (χ2v) is 3.25. The number of ether oxygens (including phenoxy) is 1. The summed E-state index contributed by atoms with van der Waals surface area (Å²) >= 11 is 0. The van der Waals surface area contributed by atoms with Gasteiger partial charge < -0.3 is 9.84 Å². The van der Waals surface area contributed by atoms with Gasteiger partial charge in [0, 0.05) is 6.07 Å². The molecule has 1 aromatic carbocycles. The van der Waals surface area contributed by atoms with Gasteiger partial charge in [0.2, 0.25) is 0 Å². The number of allylic oxidation sites excluding steroid dienone is 3. The van der Waals surface area contributed by atoms with E-state index in [-0.39, 0.29) is 5.75 Å². The Morgan fingerprint density at radius 3 is 2.67 bits per heavy atom. The van der Waals surface area contributed by atoms with Gasteiger partial charge in [-0.25, -0.2) is 0 Å². The molecular weight excluding hydrogens is 188 g/mol. The van der Waals surface area contributed by atoms with Crippen molar-refractivity contribution in [2.75, 3.05) is 0 Å². The van der Waals surface area contributed by atoms with E-state index >= 15 is 0 Å². The topological polar surface area (TPSA) is 29.5 Å². The minimum atomic E-state index is 0.171. The molecule has 0 spiro atoms. The van der Waals surface area contributed by atoms with Crippen LogP contribution < -0.4 is 4.74 Å². The molecule has 0 amide bonds. The van der Waals surface area contributed by atoms with Crippen LogP contribution in [0.25, 0.3) is 0 Å². The van der Waals surface area contributed by atoms with Crippen molar-refractivity contribution >= 4 is 0 Å². The molecule has 0 bridgehead atoms. The van der Waals surface area contributed by atoms with Crippen molar-refractivity contribution in [1.82, 2.24) is 0 Å². The SMILES string of the molecule is C=C(C)/C=C\C(=C)Oc1cccc(O)c1. The summed E-state index contributed by atoms with van der Waals surface area (Å²) in [5.74, 6) is 1.24. The third-order valence-corrected chi connectivity index (χ3v) is 1.62. The lowest BCUT2D eigenvalue weighted by Gasteiger charge is -2.04. The molecule has 0 aliphatic carbocycles. The highest BCUT2D eigenvalue weighted by atomic mass is 16.5. The molecular formula is C13H14O2. The summed E-state index contributed by atoms with van der Waals surface area (Å²) in [5.41, 5.74) is 0.927. The van der Waals surface area contributed by atoms with E-state index in [1.54, 1.807) is 24.3 Å². The van der Waals surface area contributed by atoms with Crippen LogP contribution in [0.2, 0.25) is 0 Å². The Labute approximate surface area is 89.8 Å². The van der Waals surface area contributed by atoms with Gasteiger partial charge in [0.25, 0.3) is 0 Å². The van der Waals surface area contributed by atoms with Crippen LogP contribution in [0.4, 0.5) is 0 Å². The number of aromatic hydroxyl groups is 1. The van der Waals surface area contributed by atoms with Gasteiger partial charge in [-0.1, -0.05) is 30.9 Å². The normalized spacial score (nSPS) is 10.2. The summed E-state index contributed by atoms with van der Waals surface area (Å²) in [6.45, 7) is 9.33. The first-order chi connectivity index (χ1) is 7.08. The van der Waals surface area contributed by atoms with Crippen molar-refractivity contribution < 1.29 is 9.84 Å². The Kier molecular flexibility index (Phi) is 3.75. The highest BCUT2D eigenvalue weighted by Crippen LogP contribution is 2.19. The molecule has 1 aromatic rings.